The van der Waals surface area contributed by atoms with Gasteiger partial charge in [-0.3, -0.25) is 0 Å². The normalized spacial score (nSPS) is 14.0. The molecule has 134 valence electrons. The maximum atomic E-state index is 13.6. The average Bonchev–Trinajstić information content (AvgIpc) is 2.44. The number of halogens is 2. The number of carbonyl (C=O) groups is 2. The summed E-state index contributed by atoms with van der Waals surface area (Å²) in [6, 6.07) is 6.58. The Morgan fingerprint density at radius 1 is 1.24 bits per heavy atom. The average molecular weight is 367 g/mol. The standard InChI is InChI=1S/C16H21F2NO5.Na/c1-15(2,3)24-14(23)19-11(9-10-7-5-4-6-8-10)12(20)16(17,18)13(21)22;/h4-8,11-12,20H,9H2,1-3H3,(H,19,23)(H,21,22);/q;+1/p-1/t11-,12?;/m0./s1. The predicted octanol–water partition coefficient (Wildman–Crippen LogP) is -2.13. The molecule has 2 atom stereocenters. The number of hydrogen-bond donors (Lipinski definition) is 2. The van der Waals surface area contributed by atoms with Gasteiger partial charge in [0.05, 0.1) is 6.04 Å². The SMILES string of the molecule is CC(C)(C)OC(=O)N[C@@H](Cc1ccccc1)C(O)C(F)(F)C(=O)[O-].[Na+]. The minimum atomic E-state index is -4.53. The fraction of sp³-hybridized carbons (Fsp3) is 0.500. The number of carboxylic acid groups (broad SMARTS) is 1. The minimum absolute atomic E-state index is 0. The molecule has 9 heteroatoms. The van der Waals surface area contributed by atoms with E-state index in [0.717, 1.165) is 0 Å². The molecule has 25 heavy (non-hydrogen) atoms. The molecule has 1 amide bonds. The van der Waals surface area contributed by atoms with Gasteiger partial charge in [-0.15, -0.1) is 0 Å². The van der Waals surface area contributed by atoms with Crippen LogP contribution in [0.1, 0.15) is 26.3 Å². The van der Waals surface area contributed by atoms with E-state index < -0.39 is 35.7 Å². The molecule has 0 bridgehead atoms. The van der Waals surface area contributed by atoms with Gasteiger partial charge in [0, 0.05) is 0 Å². The third-order valence-corrected chi connectivity index (χ3v) is 3.03. The molecule has 0 aliphatic heterocycles. The van der Waals surface area contributed by atoms with E-state index in [4.69, 9.17) is 4.74 Å². The summed E-state index contributed by atoms with van der Waals surface area (Å²) < 4.78 is 32.1. The van der Waals surface area contributed by atoms with Crippen molar-refractivity contribution < 1.29 is 62.9 Å². The van der Waals surface area contributed by atoms with Crippen LogP contribution in [0.3, 0.4) is 0 Å². The first-order valence-corrected chi connectivity index (χ1v) is 7.24. The zero-order valence-corrected chi connectivity index (χ0v) is 16.6. The number of aliphatic carboxylic acids is 1. The van der Waals surface area contributed by atoms with Gasteiger partial charge in [0.15, 0.2) is 0 Å². The number of hydrogen-bond acceptors (Lipinski definition) is 5. The summed E-state index contributed by atoms with van der Waals surface area (Å²) in [4.78, 5) is 22.4. The quantitative estimate of drug-likeness (QED) is 0.560. The number of alkyl halides is 2. The third kappa shape index (κ3) is 7.68. The van der Waals surface area contributed by atoms with Crippen molar-refractivity contribution >= 4 is 12.1 Å². The zero-order valence-electron chi connectivity index (χ0n) is 14.6. The number of ether oxygens (including phenoxy) is 1. The Balaban J connectivity index is 0.00000576. The van der Waals surface area contributed by atoms with Crippen LogP contribution in [-0.2, 0) is 16.0 Å². The smallest absolute Gasteiger partial charge is 0.544 e. The molecule has 1 unspecified atom stereocenters. The number of alkyl carbamates (subject to hydrolysis) is 1. The second-order valence-corrected chi connectivity index (χ2v) is 6.30. The molecule has 0 radical (unpaired) electrons. The molecule has 6 nitrogen and oxygen atoms in total. The molecule has 1 aromatic rings. The van der Waals surface area contributed by atoms with Crippen molar-refractivity contribution in [2.24, 2.45) is 0 Å². The van der Waals surface area contributed by atoms with Gasteiger partial charge in [0.1, 0.15) is 17.7 Å². The molecule has 0 fully saturated rings. The Hall–Kier alpha value is -1.22. The molecular formula is C16H20F2NNaO5. The van der Waals surface area contributed by atoms with Crippen molar-refractivity contribution in [3.63, 3.8) is 0 Å². The molecule has 0 spiro atoms. The summed E-state index contributed by atoms with van der Waals surface area (Å²) in [5.41, 5.74) is -0.366. The first kappa shape index (κ1) is 23.8. The van der Waals surface area contributed by atoms with E-state index in [1.54, 1.807) is 51.1 Å². The van der Waals surface area contributed by atoms with Crippen molar-refractivity contribution in [1.82, 2.24) is 5.32 Å². The van der Waals surface area contributed by atoms with Gasteiger partial charge >= 0.3 is 41.6 Å². The molecule has 0 saturated heterocycles. The maximum absolute atomic E-state index is 13.6. The molecule has 0 aliphatic rings. The Kier molecular flexibility index (Phi) is 9.01. The van der Waals surface area contributed by atoms with Crippen molar-refractivity contribution in [2.75, 3.05) is 0 Å². The number of aliphatic hydroxyl groups excluding tert-OH is 1. The topological polar surface area (TPSA) is 98.7 Å². The molecule has 0 aromatic heterocycles. The summed E-state index contributed by atoms with van der Waals surface area (Å²) in [6.45, 7) is 4.72. The van der Waals surface area contributed by atoms with E-state index in [1.807, 2.05) is 0 Å². The van der Waals surface area contributed by atoms with Crippen molar-refractivity contribution in [3.8, 4) is 0 Å². The fourth-order valence-electron chi connectivity index (χ4n) is 1.94. The van der Waals surface area contributed by atoms with Crippen LogP contribution >= 0.6 is 0 Å². The van der Waals surface area contributed by atoms with E-state index >= 15 is 0 Å². The van der Waals surface area contributed by atoms with Crippen LogP contribution < -0.4 is 40.0 Å². The first-order chi connectivity index (χ1) is 10.9. The van der Waals surface area contributed by atoms with Crippen molar-refractivity contribution in [1.29, 1.82) is 0 Å². The summed E-state index contributed by atoms with van der Waals surface area (Å²) in [5, 5.41) is 22.4. The Morgan fingerprint density at radius 3 is 2.20 bits per heavy atom. The molecule has 0 heterocycles. The molecule has 0 saturated carbocycles. The van der Waals surface area contributed by atoms with Gasteiger partial charge in [-0.2, -0.15) is 8.78 Å². The summed E-state index contributed by atoms with van der Waals surface area (Å²) >= 11 is 0. The van der Waals surface area contributed by atoms with Crippen LogP contribution in [0, 0.1) is 0 Å². The molecule has 1 aromatic carbocycles. The van der Waals surface area contributed by atoms with E-state index in [9.17, 15) is 28.6 Å². The van der Waals surface area contributed by atoms with Gasteiger partial charge in [0.2, 0.25) is 0 Å². The predicted molar refractivity (Wildman–Crippen MR) is 79.3 cm³/mol. The number of carbonyl (C=O) groups excluding carboxylic acids is 2. The number of amides is 1. The number of nitrogens with one attached hydrogen (secondary N) is 1. The van der Waals surface area contributed by atoms with Crippen LogP contribution in [0.15, 0.2) is 30.3 Å². The van der Waals surface area contributed by atoms with Gasteiger partial charge in [-0.1, -0.05) is 30.3 Å². The Bertz CT molecular complexity index is 578. The molecule has 0 aliphatic carbocycles. The van der Waals surface area contributed by atoms with Crippen LogP contribution in [0.25, 0.3) is 0 Å². The monoisotopic (exact) mass is 367 g/mol. The molecule has 2 N–H and O–H groups in total. The number of aliphatic hydroxyl groups is 1. The van der Waals surface area contributed by atoms with Gasteiger partial charge in [0.25, 0.3) is 0 Å². The number of benzene rings is 1. The zero-order chi connectivity index (χ0) is 18.5. The molecular weight excluding hydrogens is 347 g/mol. The summed E-state index contributed by atoms with van der Waals surface area (Å²) in [5.74, 6) is -7.26. The van der Waals surface area contributed by atoms with E-state index in [-0.39, 0.29) is 36.0 Å². The Labute approximate surface area is 166 Å². The van der Waals surface area contributed by atoms with Crippen molar-refractivity contribution in [2.45, 2.75) is 50.9 Å². The van der Waals surface area contributed by atoms with Crippen LogP contribution in [0.2, 0.25) is 0 Å². The van der Waals surface area contributed by atoms with Crippen molar-refractivity contribution in [3.05, 3.63) is 35.9 Å². The second kappa shape index (κ2) is 9.47. The van der Waals surface area contributed by atoms with Crippen LogP contribution in [0.4, 0.5) is 13.6 Å². The second-order valence-electron chi connectivity index (χ2n) is 6.30. The molecule has 1 rings (SSSR count). The summed E-state index contributed by atoms with van der Waals surface area (Å²) in [6.07, 6.45) is -3.95. The Morgan fingerprint density at radius 2 is 1.76 bits per heavy atom. The largest absolute Gasteiger partial charge is 1.00 e. The van der Waals surface area contributed by atoms with E-state index in [0.29, 0.717) is 5.56 Å². The van der Waals surface area contributed by atoms with Crippen LogP contribution in [-0.4, -0.2) is 40.8 Å². The van der Waals surface area contributed by atoms with E-state index in [2.05, 4.69) is 5.32 Å². The minimum Gasteiger partial charge on any atom is -0.544 e. The fourth-order valence-corrected chi connectivity index (χ4v) is 1.94. The van der Waals surface area contributed by atoms with Gasteiger partial charge in [-0.25, -0.2) is 4.79 Å². The van der Waals surface area contributed by atoms with Gasteiger partial charge < -0.3 is 25.1 Å². The maximum Gasteiger partial charge on any atom is 1.00 e. The number of carboxylic acids is 1. The van der Waals surface area contributed by atoms with E-state index in [1.165, 1.54) is 0 Å². The third-order valence-electron chi connectivity index (χ3n) is 3.03. The number of rotatable bonds is 6. The first-order valence-electron chi connectivity index (χ1n) is 7.24. The summed E-state index contributed by atoms with van der Waals surface area (Å²) in [7, 11) is 0. The van der Waals surface area contributed by atoms with Crippen LogP contribution in [0.5, 0.6) is 0 Å². The van der Waals surface area contributed by atoms with Gasteiger partial charge in [-0.05, 0) is 32.8 Å².